The molecular weight excluding hydrogens is 949 g/mol. The molecule has 0 aromatic rings. The van der Waals surface area contributed by atoms with E-state index in [1.807, 2.05) is 0 Å². The third-order valence-electron chi connectivity index (χ3n) is 14.4. The molecule has 1 unspecified atom stereocenters. The number of carbonyl (C=O) groups is 3. The zero-order valence-corrected chi connectivity index (χ0v) is 51.0. The van der Waals surface area contributed by atoms with Crippen LogP contribution in [0, 0.1) is 0 Å². The molecule has 6 heteroatoms. The van der Waals surface area contributed by atoms with Gasteiger partial charge in [-0.15, -0.1) is 0 Å². The van der Waals surface area contributed by atoms with E-state index >= 15 is 0 Å². The van der Waals surface area contributed by atoms with Crippen molar-refractivity contribution in [3.05, 3.63) is 85.1 Å². The number of allylic oxidation sites excluding steroid dienone is 14. The third-order valence-corrected chi connectivity index (χ3v) is 14.4. The Kier molecular flexibility index (Phi) is 62.2. The summed E-state index contributed by atoms with van der Waals surface area (Å²) in [6, 6.07) is 0. The zero-order valence-electron chi connectivity index (χ0n) is 51.0. The van der Waals surface area contributed by atoms with E-state index < -0.39 is 6.10 Å². The Morgan fingerprint density at radius 2 is 0.506 bits per heavy atom. The van der Waals surface area contributed by atoms with Crippen LogP contribution in [-0.4, -0.2) is 37.2 Å². The lowest BCUT2D eigenvalue weighted by Crippen LogP contribution is -2.30. The average Bonchev–Trinajstić information content (AvgIpc) is 3.43. The number of unbranched alkanes of at least 4 members (excludes halogenated alkanes) is 35. The zero-order chi connectivity index (χ0) is 55.7. The van der Waals surface area contributed by atoms with Crippen LogP contribution in [0.25, 0.3) is 0 Å². The highest BCUT2D eigenvalue weighted by molar-refractivity contribution is 5.71. The highest BCUT2D eigenvalue weighted by Crippen LogP contribution is 2.17. The standard InChI is InChI=1S/C71H124O6/c1-4-7-10-13-15-17-19-21-23-25-27-29-31-32-33-34-35-36-37-38-40-41-43-45-47-49-51-53-55-58-61-64-70(73)76-67-68(66-75-69(72)63-60-57-12-9-6-3)77-71(74)65-62-59-56-54-52-50-48-46-44-42-39-30-28-26-24-22-20-18-16-14-11-8-5-2/h8,11,16,18,22,24-25,27-28,30,42,44,48,50,68H,4-7,9-10,12-15,17,19-21,23,26,29,31-41,43,45-47,49,51-67H2,1-3H3/b11-8-,18-16-,24-22-,27-25-,30-28-,44-42-,50-48-. The monoisotopic (exact) mass is 1070 g/mol. The van der Waals surface area contributed by atoms with Crippen molar-refractivity contribution in [2.45, 2.75) is 335 Å². The maximum absolute atomic E-state index is 12.8. The molecule has 77 heavy (non-hydrogen) atoms. The predicted molar refractivity (Wildman–Crippen MR) is 334 cm³/mol. The lowest BCUT2D eigenvalue weighted by atomic mass is 10.0. The number of rotatable bonds is 60. The van der Waals surface area contributed by atoms with Crippen LogP contribution in [0.4, 0.5) is 0 Å². The minimum Gasteiger partial charge on any atom is -0.462 e. The van der Waals surface area contributed by atoms with E-state index in [2.05, 4.69) is 106 Å². The summed E-state index contributed by atoms with van der Waals surface area (Å²) in [5.41, 5.74) is 0. The second-order valence-corrected chi connectivity index (χ2v) is 22.0. The first-order chi connectivity index (χ1) is 38.0. The SMILES string of the molecule is CC/C=C\C/C=C\C/C=C\C/C=C\C/C=C\C/C=C\CCCCCCC(=O)OC(COC(=O)CCCCCCC)COC(=O)CCCCCCCCCCCCCCCCCCCCC/C=C\CCCCCCCCCC. The van der Waals surface area contributed by atoms with Crippen LogP contribution in [0.15, 0.2) is 85.1 Å². The lowest BCUT2D eigenvalue weighted by Gasteiger charge is -2.18. The van der Waals surface area contributed by atoms with Gasteiger partial charge in [0.05, 0.1) is 0 Å². The van der Waals surface area contributed by atoms with Gasteiger partial charge >= 0.3 is 17.9 Å². The van der Waals surface area contributed by atoms with Crippen molar-refractivity contribution >= 4 is 17.9 Å². The van der Waals surface area contributed by atoms with Gasteiger partial charge in [-0.05, 0) is 96.3 Å². The molecule has 0 bridgehead atoms. The van der Waals surface area contributed by atoms with Crippen LogP contribution in [0.5, 0.6) is 0 Å². The second-order valence-electron chi connectivity index (χ2n) is 22.0. The van der Waals surface area contributed by atoms with Crippen LogP contribution in [0.3, 0.4) is 0 Å². The maximum Gasteiger partial charge on any atom is 0.306 e. The van der Waals surface area contributed by atoms with E-state index in [1.165, 1.54) is 173 Å². The summed E-state index contributed by atoms with van der Waals surface area (Å²) < 4.78 is 16.8. The smallest absolute Gasteiger partial charge is 0.306 e. The molecule has 0 aliphatic heterocycles. The number of carbonyl (C=O) groups excluding carboxylic acids is 3. The minimum absolute atomic E-state index is 0.0850. The first-order valence-corrected chi connectivity index (χ1v) is 33.1. The molecule has 1 atom stereocenters. The fourth-order valence-electron chi connectivity index (χ4n) is 9.44. The topological polar surface area (TPSA) is 78.9 Å². The summed E-state index contributed by atoms with van der Waals surface area (Å²) in [7, 11) is 0. The molecule has 0 fully saturated rings. The van der Waals surface area contributed by atoms with Gasteiger partial charge in [-0.25, -0.2) is 0 Å². The third kappa shape index (κ3) is 63.3. The maximum atomic E-state index is 12.8. The van der Waals surface area contributed by atoms with Gasteiger partial charge in [0, 0.05) is 19.3 Å². The summed E-state index contributed by atoms with van der Waals surface area (Å²) in [4.78, 5) is 37.9. The van der Waals surface area contributed by atoms with Gasteiger partial charge in [0.15, 0.2) is 6.10 Å². The first kappa shape index (κ1) is 73.6. The summed E-state index contributed by atoms with van der Waals surface area (Å²) in [6.07, 6.45) is 86.6. The highest BCUT2D eigenvalue weighted by atomic mass is 16.6. The van der Waals surface area contributed by atoms with Crippen LogP contribution < -0.4 is 0 Å². The fraction of sp³-hybridized carbons (Fsp3) is 0.761. The largest absolute Gasteiger partial charge is 0.462 e. The van der Waals surface area contributed by atoms with E-state index in [0.717, 1.165) is 116 Å². The molecule has 0 amide bonds. The Balaban J connectivity index is 4.01. The average molecular weight is 1070 g/mol. The summed E-state index contributed by atoms with van der Waals surface area (Å²) in [6.45, 7) is 6.45. The van der Waals surface area contributed by atoms with Crippen molar-refractivity contribution in [2.75, 3.05) is 13.2 Å². The molecule has 0 heterocycles. The van der Waals surface area contributed by atoms with E-state index in [0.29, 0.717) is 19.3 Å². The molecule has 0 N–H and O–H groups in total. The molecule has 0 aromatic carbocycles. The molecular formula is C71H124O6. The van der Waals surface area contributed by atoms with Gasteiger partial charge in [0.2, 0.25) is 0 Å². The van der Waals surface area contributed by atoms with Crippen LogP contribution in [0.1, 0.15) is 329 Å². The van der Waals surface area contributed by atoms with Gasteiger partial charge in [-0.3, -0.25) is 14.4 Å². The molecule has 0 radical (unpaired) electrons. The van der Waals surface area contributed by atoms with Gasteiger partial charge < -0.3 is 14.2 Å². The molecule has 6 nitrogen and oxygen atoms in total. The summed E-state index contributed by atoms with van der Waals surface area (Å²) in [5, 5.41) is 0. The number of ether oxygens (including phenoxy) is 3. The predicted octanol–water partition coefficient (Wildman–Crippen LogP) is 22.7. The molecule has 0 rings (SSSR count). The van der Waals surface area contributed by atoms with Crippen LogP contribution in [-0.2, 0) is 28.6 Å². The first-order valence-electron chi connectivity index (χ1n) is 33.1. The fourth-order valence-corrected chi connectivity index (χ4v) is 9.44. The van der Waals surface area contributed by atoms with Gasteiger partial charge in [-0.2, -0.15) is 0 Å². The normalized spacial score (nSPS) is 12.6. The lowest BCUT2D eigenvalue weighted by molar-refractivity contribution is -0.167. The molecule has 0 spiro atoms. The second kappa shape index (κ2) is 65.1. The van der Waals surface area contributed by atoms with E-state index in [1.54, 1.807) is 0 Å². The van der Waals surface area contributed by atoms with Gasteiger partial charge in [0.1, 0.15) is 13.2 Å². The van der Waals surface area contributed by atoms with Gasteiger partial charge in [0.25, 0.3) is 0 Å². The molecule has 0 saturated heterocycles. The van der Waals surface area contributed by atoms with Crippen molar-refractivity contribution in [1.82, 2.24) is 0 Å². The van der Waals surface area contributed by atoms with Gasteiger partial charge in [-0.1, -0.05) is 298 Å². The van der Waals surface area contributed by atoms with Crippen molar-refractivity contribution < 1.29 is 28.6 Å². The Labute approximate surface area is 477 Å². The Bertz CT molecular complexity index is 1470. The molecule has 0 saturated carbocycles. The Hall–Kier alpha value is -3.41. The summed E-state index contributed by atoms with van der Waals surface area (Å²) in [5.74, 6) is -0.914. The molecule has 0 aromatic heterocycles. The number of esters is 3. The molecule has 0 aliphatic rings. The summed E-state index contributed by atoms with van der Waals surface area (Å²) >= 11 is 0. The number of hydrogen-bond donors (Lipinski definition) is 0. The Morgan fingerprint density at radius 1 is 0.273 bits per heavy atom. The van der Waals surface area contributed by atoms with Crippen molar-refractivity contribution in [3.63, 3.8) is 0 Å². The van der Waals surface area contributed by atoms with Crippen molar-refractivity contribution in [2.24, 2.45) is 0 Å². The highest BCUT2D eigenvalue weighted by Gasteiger charge is 2.19. The van der Waals surface area contributed by atoms with Crippen molar-refractivity contribution in [3.8, 4) is 0 Å². The minimum atomic E-state index is -0.787. The Morgan fingerprint density at radius 3 is 0.805 bits per heavy atom. The molecule has 444 valence electrons. The molecule has 0 aliphatic carbocycles. The van der Waals surface area contributed by atoms with E-state index in [9.17, 15) is 14.4 Å². The van der Waals surface area contributed by atoms with E-state index in [-0.39, 0.29) is 31.1 Å². The van der Waals surface area contributed by atoms with E-state index in [4.69, 9.17) is 14.2 Å². The number of hydrogen-bond acceptors (Lipinski definition) is 6. The van der Waals surface area contributed by atoms with Crippen LogP contribution >= 0.6 is 0 Å². The quantitative estimate of drug-likeness (QED) is 0.0261. The van der Waals surface area contributed by atoms with Crippen LogP contribution in [0.2, 0.25) is 0 Å². The van der Waals surface area contributed by atoms with Crippen molar-refractivity contribution in [1.29, 1.82) is 0 Å².